The van der Waals surface area contributed by atoms with Gasteiger partial charge in [0.2, 0.25) is 5.91 Å². The predicted molar refractivity (Wildman–Crippen MR) is 112 cm³/mol. The highest BCUT2D eigenvalue weighted by Crippen LogP contribution is 2.15. The van der Waals surface area contributed by atoms with Gasteiger partial charge in [0.05, 0.1) is 23.8 Å². The Morgan fingerprint density at radius 2 is 1.93 bits per heavy atom. The smallest absolute Gasteiger partial charge is 0.317 e. The molecule has 1 fully saturated rings. The Morgan fingerprint density at radius 3 is 2.61 bits per heavy atom. The molecule has 1 aromatic heterocycles. The molecule has 1 aliphatic rings. The SMILES string of the molecule is CCc1ccccc1NC(=O)CN1CCN(C(=O)NCc2csc(C)n2)CC1. The summed E-state index contributed by atoms with van der Waals surface area (Å²) in [5.41, 5.74) is 2.90. The van der Waals surface area contributed by atoms with E-state index in [1.807, 2.05) is 36.6 Å². The molecule has 0 radical (unpaired) electrons. The summed E-state index contributed by atoms with van der Waals surface area (Å²) in [5.74, 6) is -0.0160. The number of urea groups is 1. The third-order valence-electron chi connectivity index (χ3n) is 4.79. The predicted octanol–water partition coefficient (Wildman–Crippen LogP) is 2.48. The van der Waals surface area contributed by atoms with Crippen molar-refractivity contribution in [1.82, 2.24) is 20.1 Å². The van der Waals surface area contributed by atoms with Gasteiger partial charge in [0.25, 0.3) is 0 Å². The van der Waals surface area contributed by atoms with Crippen molar-refractivity contribution in [2.75, 3.05) is 38.0 Å². The van der Waals surface area contributed by atoms with Gasteiger partial charge in [0.1, 0.15) is 0 Å². The van der Waals surface area contributed by atoms with Gasteiger partial charge in [-0.15, -0.1) is 11.3 Å². The van der Waals surface area contributed by atoms with Crippen LogP contribution in [0, 0.1) is 6.92 Å². The largest absolute Gasteiger partial charge is 0.332 e. The Kier molecular flexibility index (Phi) is 7.00. The molecule has 0 aliphatic carbocycles. The van der Waals surface area contributed by atoms with Gasteiger partial charge < -0.3 is 15.5 Å². The van der Waals surface area contributed by atoms with Crippen molar-refractivity contribution in [1.29, 1.82) is 0 Å². The topological polar surface area (TPSA) is 77.6 Å². The number of aryl methyl sites for hydroxylation is 2. The van der Waals surface area contributed by atoms with Gasteiger partial charge in [0.15, 0.2) is 0 Å². The summed E-state index contributed by atoms with van der Waals surface area (Å²) >= 11 is 1.58. The Morgan fingerprint density at radius 1 is 1.18 bits per heavy atom. The molecule has 2 heterocycles. The van der Waals surface area contributed by atoms with E-state index in [1.54, 1.807) is 16.2 Å². The van der Waals surface area contributed by atoms with E-state index in [4.69, 9.17) is 0 Å². The lowest BCUT2D eigenvalue weighted by Gasteiger charge is -2.34. The zero-order valence-corrected chi connectivity index (χ0v) is 17.2. The Balaban J connectivity index is 1.41. The number of thiazole rings is 1. The van der Waals surface area contributed by atoms with E-state index < -0.39 is 0 Å². The number of nitrogens with zero attached hydrogens (tertiary/aromatic N) is 3. The molecule has 3 rings (SSSR count). The highest BCUT2D eigenvalue weighted by molar-refractivity contribution is 7.09. The van der Waals surface area contributed by atoms with Gasteiger partial charge in [-0.1, -0.05) is 25.1 Å². The molecular formula is C20H27N5O2S. The zero-order chi connectivity index (χ0) is 19.9. The molecule has 7 nitrogen and oxygen atoms in total. The number of anilines is 1. The number of carbonyl (C=O) groups is 2. The molecule has 0 saturated carbocycles. The first-order valence-corrected chi connectivity index (χ1v) is 10.5. The maximum atomic E-state index is 12.4. The van der Waals surface area contributed by atoms with Gasteiger partial charge in [-0.25, -0.2) is 9.78 Å². The van der Waals surface area contributed by atoms with Gasteiger partial charge in [-0.2, -0.15) is 0 Å². The Bertz CT molecular complexity index is 814. The van der Waals surface area contributed by atoms with Crippen LogP contribution in [0.1, 0.15) is 23.2 Å². The van der Waals surface area contributed by atoms with Crippen LogP contribution in [-0.2, 0) is 17.8 Å². The van der Waals surface area contributed by atoms with Gasteiger partial charge in [-0.3, -0.25) is 9.69 Å². The van der Waals surface area contributed by atoms with Crippen molar-refractivity contribution in [3.8, 4) is 0 Å². The number of piperazine rings is 1. The fourth-order valence-electron chi connectivity index (χ4n) is 3.22. The van der Waals surface area contributed by atoms with E-state index in [0.717, 1.165) is 28.4 Å². The monoisotopic (exact) mass is 401 g/mol. The average Bonchev–Trinajstić information content (AvgIpc) is 3.12. The number of benzene rings is 1. The summed E-state index contributed by atoms with van der Waals surface area (Å²) in [7, 11) is 0. The third-order valence-corrected chi connectivity index (χ3v) is 5.61. The fraction of sp³-hybridized carbons (Fsp3) is 0.450. The van der Waals surface area contributed by atoms with Gasteiger partial charge in [0, 0.05) is 37.2 Å². The van der Waals surface area contributed by atoms with Crippen LogP contribution in [0.4, 0.5) is 10.5 Å². The summed E-state index contributed by atoms with van der Waals surface area (Å²) in [6.07, 6.45) is 0.880. The standard InChI is InChI=1S/C20H27N5O2S/c1-3-16-6-4-5-7-18(16)23-19(26)13-24-8-10-25(11-9-24)20(27)21-12-17-14-28-15(2)22-17/h4-7,14H,3,8-13H2,1-2H3,(H,21,27)(H,23,26). The molecule has 2 aromatic rings. The summed E-state index contributed by atoms with van der Waals surface area (Å²) < 4.78 is 0. The van der Waals surface area contributed by atoms with E-state index in [1.165, 1.54) is 0 Å². The fourth-order valence-corrected chi connectivity index (χ4v) is 3.83. The second-order valence-electron chi connectivity index (χ2n) is 6.84. The van der Waals surface area contributed by atoms with Crippen LogP contribution in [0.25, 0.3) is 0 Å². The van der Waals surface area contributed by atoms with Crippen molar-refractivity contribution >= 4 is 29.0 Å². The summed E-state index contributed by atoms with van der Waals surface area (Å²) in [6, 6.07) is 7.79. The molecule has 0 atom stereocenters. The number of rotatable bonds is 6. The highest BCUT2D eigenvalue weighted by atomic mass is 32.1. The molecule has 1 saturated heterocycles. The number of para-hydroxylation sites is 1. The van der Waals surface area contributed by atoms with E-state index in [2.05, 4.69) is 27.4 Å². The number of amides is 3. The van der Waals surface area contributed by atoms with Crippen LogP contribution in [-0.4, -0.2) is 59.4 Å². The molecule has 28 heavy (non-hydrogen) atoms. The summed E-state index contributed by atoms with van der Waals surface area (Å²) in [4.78, 5) is 32.9. The van der Waals surface area contributed by atoms with Gasteiger partial charge in [-0.05, 0) is 25.0 Å². The number of aromatic nitrogens is 1. The first-order valence-electron chi connectivity index (χ1n) is 9.59. The maximum absolute atomic E-state index is 12.4. The van der Waals surface area contributed by atoms with Crippen LogP contribution in [0.2, 0.25) is 0 Å². The lowest BCUT2D eigenvalue weighted by atomic mass is 10.1. The van der Waals surface area contributed by atoms with Crippen LogP contribution in [0.5, 0.6) is 0 Å². The minimum absolute atomic E-state index is 0.0160. The van der Waals surface area contributed by atoms with E-state index in [9.17, 15) is 9.59 Å². The molecule has 2 N–H and O–H groups in total. The van der Waals surface area contributed by atoms with Crippen molar-refractivity contribution in [2.45, 2.75) is 26.8 Å². The van der Waals surface area contributed by atoms with Crippen LogP contribution in [0.15, 0.2) is 29.6 Å². The lowest BCUT2D eigenvalue weighted by molar-refractivity contribution is -0.117. The zero-order valence-electron chi connectivity index (χ0n) is 16.4. The molecule has 1 aliphatic heterocycles. The second-order valence-corrected chi connectivity index (χ2v) is 7.90. The third kappa shape index (κ3) is 5.53. The van der Waals surface area contributed by atoms with Crippen molar-refractivity contribution in [2.24, 2.45) is 0 Å². The van der Waals surface area contributed by atoms with Crippen LogP contribution >= 0.6 is 11.3 Å². The normalized spacial score (nSPS) is 14.7. The second kappa shape index (κ2) is 9.66. The van der Waals surface area contributed by atoms with Crippen LogP contribution < -0.4 is 10.6 Å². The highest BCUT2D eigenvalue weighted by Gasteiger charge is 2.22. The number of nitrogens with one attached hydrogen (secondary N) is 2. The minimum atomic E-state index is -0.0772. The summed E-state index contributed by atoms with van der Waals surface area (Å²) in [5, 5.41) is 8.88. The molecule has 1 aromatic carbocycles. The number of hydrogen-bond donors (Lipinski definition) is 2. The van der Waals surface area contributed by atoms with E-state index >= 15 is 0 Å². The Labute approximate surface area is 169 Å². The molecule has 8 heteroatoms. The number of hydrogen-bond acceptors (Lipinski definition) is 5. The molecule has 0 spiro atoms. The molecule has 3 amide bonds. The maximum Gasteiger partial charge on any atom is 0.317 e. The van der Waals surface area contributed by atoms with Crippen molar-refractivity contribution < 1.29 is 9.59 Å². The summed E-state index contributed by atoms with van der Waals surface area (Å²) in [6.45, 7) is 7.41. The molecular weight excluding hydrogens is 374 g/mol. The first kappa shape index (κ1) is 20.3. The first-order chi connectivity index (χ1) is 13.5. The molecule has 0 bridgehead atoms. The van der Waals surface area contributed by atoms with E-state index in [0.29, 0.717) is 39.3 Å². The van der Waals surface area contributed by atoms with Crippen molar-refractivity contribution in [3.63, 3.8) is 0 Å². The molecule has 0 unspecified atom stereocenters. The quantitative estimate of drug-likeness (QED) is 0.780. The van der Waals surface area contributed by atoms with E-state index in [-0.39, 0.29) is 11.9 Å². The average molecular weight is 402 g/mol. The van der Waals surface area contributed by atoms with Crippen molar-refractivity contribution in [3.05, 3.63) is 45.9 Å². The van der Waals surface area contributed by atoms with Gasteiger partial charge >= 0.3 is 6.03 Å². The van der Waals surface area contributed by atoms with Crippen LogP contribution in [0.3, 0.4) is 0 Å². The number of carbonyl (C=O) groups excluding carboxylic acids is 2. The minimum Gasteiger partial charge on any atom is -0.332 e. The molecule has 150 valence electrons. The lowest BCUT2D eigenvalue weighted by Crippen LogP contribution is -2.52. The Hall–Kier alpha value is -2.45.